The van der Waals surface area contributed by atoms with Crippen LogP contribution >= 0.6 is 12.4 Å². The minimum atomic E-state index is -0.491. The first kappa shape index (κ1) is 19.9. The molecule has 0 saturated carbocycles. The zero-order valence-corrected chi connectivity index (χ0v) is 15.1. The molecule has 0 amide bonds. The molecule has 1 atom stereocenters. The van der Waals surface area contributed by atoms with Crippen molar-refractivity contribution >= 4 is 24.1 Å². The van der Waals surface area contributed by atoms with Crippen LogP contribution in [0.4, 0.5) is 5.69 Å². The van der Waals surface area contributed by atoms with E-state index in [0.29, 0.717) is 12.1 Å². The zero-order valence-electron chi connectivity index (χ0n) is 14.2. The average Bonchev–Trinajstić information content (AvgIpc) is 3.15. The van der Waals surface area contributed by atoms with Gasteiger partial charge in [0.05, 0.1) is 10.5 Å². The van der Waals surface area contributed by atoms with E-state index < -0.39 is 10.9 Å². The molecule has 0 bridgehead atoms. The van der Waals surface area contributed by atoms with Crippen molar-refractivity contribution < 1.29 is 14.5 Å². The van der Waals surface area contributed by atoms with E-state index in [2.05, 4.69) is 4.90 Å². The number of carbonyl (C=O) groups excluding carboxylic acids is 1. The molecular formula is C19H21ClN2O4. The molecule has 138 valence electrons. The minimum absolute atomic E-state index is 0. The molecule has 1 unspecified atom stereocenters. The highest BCUT2D eigenvalue weighted by Gasteiger charge is 2.23. The zero-order chi connectivity index (χ0) is 17.6. The molecule has 0 spiro atoms. The maximum absolute atomic E-state index is 12.5. The van der Waals surface area contributed by atoms with E-state index in [0.717, 1.165) is 31.5 Å². The van der Waals surface area contributed by atoms with Gasteiger partial charge in [-0.15, -0.1) is 12.4 Å². The normalized spacial score (nSPS) is 15.1. The second kappa shape index (κ2) is 9.31. The Kier molecular flexibility index (Phi) is 7.12. The van der Waals surface area contributed by atoms with Crippen LogP contribution in [0.15, 0.2) is 54.6 Å². The highest BCUT2D eigenvalue weighted by Crippen LogP contribution is 2.23. The highest BCUT2D eigenvalue weighted by molar-refractivity contribution is 5.89. The molecule has 1 aliphatic heterocycles. The Hall–Kier alpha value is -2.44. The van der Waals surface area contributed by atoms with Crippen molar-refractivity contribution in [3.8, 4) is 0 Å². The molecule has 1 saturated heterocycles. The van der Waals surface area contributed by atoms with Gasteiger partial charge in [0, 0.05) is 18.7 Å². The monoisotopic (exact) mass is 376 g/mol. The summed E-state index contributed by atoms with van der Waals surface area (Å²) in [5.41, 5.74) is 1.21. The summed E-state index contributed by atoms with van der Waals surface area (Å²) in [4.78, 5) is 25.0. The van der Waals surface area contributed by atoms with Gasteiger partial charge in [0.1, 0.15) is 6.10 Å². The van der Waals surface area contributed by atoms with Crippen molar-refractivity contribution in [2.45, 2.75) is 18.9 Å². The summed E-state index contributed by atoms with van der Waals surface area (Å²) >= 11 is 0. The Balaban J connectivity index is 0.00000243. The van der Waals surface area contributed by atoms with E-state index >= 15 is 0 Å². The summed E-state index contributed by atoms with van der Waals surface area (Å²) in [6, 6.07) is 15.2. The SMILES string of the molecule is Cl.O=C(OC(CN1CCCC1)c1ccccc1)c1ccc([N+](=O)[O-])cc1. The van der Waals surface area contributed by atoms with Crippen LogP contribution in [0.5, 0.6) is 0 Å². The van der Waals surface area contributed by atoms with E-state index in [1.807, 2.05) is 30.3 Å². The van der Waals surface area contributed by atoms with E-state index in [-0.39, 0.29) is 24.2 Å². The summed E-state index contributed by atoms with van der Waals surface area (Å²) in [6.45, 7) is 2.68. The maximum Gasteiger partial charge on any atom is 0.338 e. The second-order valence-electron chi connectivity index (χ2n) is 6.12. The van der Waals surface area contributed by atoms with Crippen molar-refractivity contribution in [3.63, 3.8) is 0 Å². The number of halogens is 1. The topological polar surface area (TPSA) is 72.7 Å². The van der Waals surface area contributed by atoms with Crippen molar-refractivity contribution in [2.24, 2.45) is 0 Å². The number of benzene rings is 2. The molecule has 2 aromatic rings. The molecular weight excluding hydrogens is 356 g/mol. The van der Waals surface area contributed by atoms with Crippen molar-refractivity contribution in [1.29, 1.82) is 0 Å². The maximum atomic E-state index is 12.5. The van der Waals surface area contributed by atoms with Gasteiger partial charge in [0.2, 0.25) is 0 Å². The smallest absolute Gasteiger partial charge is 0.338 e. The van der Waals surface area contributed by atoms with Gasteiger partial charge in [-0.3, -0.25) is 15.0 Å². The van der Waals surface area contributed by atoms with E-state index in [4.69, 9.17) is 4.74 Å². The summed E-state index contributed by atoms with van der Waals surface area (Å²) in [5, 5.41) is 10.7. The number of carbonyl (C=O) groups is 1. The van der Waals surface area contributed by atoms with Crippen molar-refractivity contribution in [1.82, 2.24) is 4.90 Å². The Morgan fingerprint density at radius 2 is 1.69 bits per heavy atom. The standard InChI is InChI=1S/C19H20N2O4.ClH/c22-19(16-8-10-17(11-9-16)21(23)24)25-18(14-20-12-4-5-13-20)15-6-2-1-3-7-15;/h1-3,6-11,18H,4-5,12-14H2;1H. The molecule has 1 aliphatic rings. The van der Waals surface area contributed by atoms with Crippen LogP contribution in [-0.2, 0) is 4.74 Å². The van der Waals surface area contributed by atoms with Gasteiger partial charge in [-0.1, -0.05) is 30.3 Å². The molecule has 0 aromatic heterocycles. The molecule has 6 nitrogen and oxygen atoms in total. The van der Waals surface area contributed by atoms with Crippen LogP contribution in [0, 0.1) is 10.1 Å². The van der Waals surface area contributed by atoms with Crippen LogP contribution in [0.2, 0.25) is 0 Å². The molecule has 0 aliphatic carbocycles. The number of likely N-dealkylation sites (tertiary alicyclic amines) is 1. The summed E-state index contributed by atoms with van der Waals surface area (Å²) in [7, 11) is 0. The lowest BCUT2D eigenvalue weighted by Crippen LogP contribution is -2.28. The number of rotatable bonds is 6. The van der Waals surface area contributed by atoms with Crippen LogP contribution in [0.3, 0.4) is 0 Å². The molecule has 1 heterocycles. The second-order valence-corrected chi connectivity index (χ2v) is 6.12. The largest absolute Gasteiger partial charge is 0.453 e. The number of hydrogen-bond acceptors (Lipinski definition) is 5. The first-order valence-electron chi connectivity index (χ1n) is 8.36. The Labute approximate surface area is 158 Å². The van der Waals surface area contributed by atoms with Crippen LogP contribution in [-0.4, -0.2) is 35.4 Å². The fraction of sp³-hybridized carbons (Fsp3) is 0.316. The van der Waals surface area contributed by atoms with Gasteiger partial charge in [0.15, 0.2) is 0 Å². The van der Waals surface area contributed by atoms with Crippen LogP contribution < -0.4 is 0 Å². The molecule has 0 N–H and O–H groups in total. The van der Waals surface area contributed by atoms with Gasteiger partial charge in [-0.2, -0.15) is 0 Å². The molecule has 7 heteroatoms. The summed E-state index contributed by atoms with van der Waals surface area (Å²) < 4.78 is 5.73. The Morgan fingerprint density at radius 1 is 1.08 bits per heavy atom. The fourth-order valence-electron chi connectivity index (χ4n) is 2.99. The van der Waals surface area contributed by atoms with E-state index in [1.54, 1.807) is 0 Å². The predicted octanol–water partition coefficient (Wildman–Crippen LogP) is 4.01. The predicted molar refractivity (Wildman–Crippen MR) is 101 cm³/mol. The van der Waals surface area contributed by atoms with E-state index in [1.165, 1.54) is 24.3 Å². The quantitative estimate of drug-likeness (QED) is 0.432. The number of nitro benzene ring substituents is 1. The third-order valence-electron chi connectivity index (χ3n) is 4.36. The van der Waals surface area contributed by atoms with Crippen molar-refractivity contribution in [3.05, 3.63) is 75.8 Å². The Morgan fingerprint density at radius 3 is 2.27 bits per heavy atom. The summed E-state index contributed by atoms with van der Waals surface area (Å²) in [5.74, 6) is -0.469. The molecule has 3 rings (SSSR count). The van der Waals surface area contributed by atoms with Crippen LogP contribution in [0.25, 0.3) is 0 Å². The number of non-ortho nitro benzene ring substituents is 1. The molecule has 2 aromatic carbocycles. The van der Waals surface area contributed by atoms with Gasteiger partial charge in [-0.05, 0) is 43.6 Å². The first-order valence-corrected chi connectivity index (χ1v) is 8.36. The average molecular weight is 377 g/mol. The lowest BCUT2D eigenvalue weighted by molar-refractivity contribution is -0.384. The number of nitro groups is 1. The number of ether oxygens (including phenoxy) is 1. The third kappa shape index (κ3) is 5.03. The Bertz CT molecular complexity index is 731. The highest BCUT2D eigenvalue weighted by atomic mass is 35.5. The van der Waals surface area contributed by atoms with Gasteiger partial charge in [-0.25, -0.2) is 4.79 Å². The number of hydrogen-bond donors (Lipinski definition) is 0. The van der Waals surface area contributed by atoms with E-state index in [9.17, 15) is 14.9 Å². The van der Waals surface area contributed by atoms with Gasteiger partial charge < -0.3 is 4.74 Å². The number of esters is 1. The minimum Gasteiger partial charge on any atom is -0.453 e. The third-order valence-corrected chi connectivity index (χ3v) is 4.36. The van der Waals surface area contributed by atoms with Gasteiger partial charge in [0.25, 0.3) is 5.69 Å². The summed E-state index contributed by atoms with van der Waals surface area (Å²) in [6.07, 6.45) is 1.97. The van der Waals surface area contributed by atoms with Gasteiger partial charge >= 0.3 is 5.97 Å². The molecule has 0 radical (unpaired) electrons. The fourth-order valence-corrected chi connectivity index (χ4v) is 2.99. The number of nitrogens with zero attached hydrogens (tertiary/aromatic N) is 2. The van der Waals surface area contributed by atoms with Crippen LogP contribution in [0.1, 0.15) is 34.9 Å². The molecule has 26 heavy (non-hydrogen) atoms. The lowest BCUT2D eigenvalue weighted by Gasteiger charge is -2.24. The van der Waals surface area contributed by atoms with Crippen molar-refractivity contribution in [2.75, 3.05) is 19.6 Å². The first-order chi connectivity index (χ1) is 12.1. The molecule has 1 fully saturated rings. The lowest BCUT2D eigenvalue weighted by atomic mass is 10.1.